The number of hydrogen-bond donors (Lipinski definition) is 0. The van der Waals surface area contributed by atoms with Gasteiger partial charge in [0, 0.05) is 0 Å². The molecule has 0 rings (SSSR count). The van der Waals surface area contributed by atoms with Crippen molar-refractivity contribution in [1.82, 2.24) is 0 Å². The Morgan fingerprint density at radius 2 is 0.565 bits per heavy atom. The molecule has 16 heteroatoms. The van der Waals surface area contributed by atoms with Crippen LogP contribution < -0.4 is 0 Å². The minimum atomic E-state index is -3.64. The highest BCUT2D eigenvalue weighted by Gasteiger charge is 2.43. The van der Waals surface area contributed by atoms with Gasteiger partial charge in [0.05, 0.1) is 75.5 Å². The Kier molecular flexibility index (Phi) is 25.0. The first kappa shape index (κ1) is 46.6. The Morgan fingerprint density at radius 1 is 0.348 bits per heavy atom. The lowest BCUT2D eigenvalue weighted by molar-refractivity contribution is 0.197. The summed E-state index contributed by atoms with van der Waals surface area (Å²) in [4.78, 5) is 0. The first-order chi connectivity index (χ1) is 21.8. The Labute approximate surface area is 280 Å². The van der Waals surface area contributed by atoms with Crippen molar-refractivity contribution in [3.63, 3.8) is 0 Å². The summed E-state index contributed by atoms with van der Waals surface area (Å²) in [5.74, 6) is 0. The van der Waals surface area contributed by atoms with Crippen molar-refractivity contribution in [2.75, 3.05) is 52.9 Å². The molecular weight excluding hydrogens is 676 g/mol. The SMILES string of the molecule is CCCC(CCC(CCC(CCC(C)P(=O)(OCC)OCC)P(=O)(OCC)OCC)P(=O)(OCC)OCC)P(=O)(OCC)OCC. The molecule has 0 aliphatic heterocycles. The van der Waals surface area contributed by atoms with Gasteiger partial charge < -0.3 is 36.2 Å². The van der Waals surface area contributed by atoms with Crippen LogP contribution >= 0.6 is 30.4 Å². The lowest BCUT2D eigenvalue weighted by Crippen LogP contribution is -2.22. The second-order valence-corrected chi connectivity index (χ2v) is 20.3. The Balaban J connectivity index is 6.52. The molecule has 0 aliphatic carbocycles. The molecule has 0 spiro atoms. The summed E-state index contributed by atoms with van der Waals surface area (Å²) >= 11 is 0. The van der Waals surface area contributed by atoms with E-state index >= 15 is 0 Å². The fraction of sp³-hybridized carbons (Fsp3) is 1.00. The Hall–Kier alpha value is 0.600. The summed E-state index contributed by atoms with van der Waals surface area (Å²) in [6.45, 7) is 19.7. The van der Waals surface area contributed by atoms with E-state index in [1.54, 1.807) is 62.3 Å². The van der Waals surface area contributed by atoms with E-state index in [0.29, 0.717) is 44.9 Å². The molecule has 4 atom stereocenters. The van der Waals surface area contributed by atoms with E-state index < -0.39 is 53.0 Å². The van der Waals surface area contributed by atoms with Crippen LogP contribution in [0.2, 0.25) is 0 Å². The maximum Gasteiger partial charge on any atom is 0.333 e. The van der Waals surface area contributed by atoms with Crippen molar-refractivity contribution < 1.29 is 54.5 Å². The van der Waals surface area contributed by atoms with Crippen LogP contribution in [0, 0.1) is 0 Å². The molecule has 0 heterocycles. The predicted octanol–water partition coefficient (Wildman–Crippen LogP) is 10.7. The maximum atomic E-state index is 14.3. The Morgan fingerprint density at radius 3 is 0.804 bits per heavy atom. The maximum absolute atomic E-state index is 14.3. The van der Waals surface area contributed by atoms with E-state index in [2.05, 4.69) is 0 Å². The molecule has 278 valence electrons. The van der Waals surface area contributed by atoms with Crippen LogP contribution in [-0.2, 0) is 54.5 Å². The summed E-state index contributed by atoms with van der Waals surface area (Å²) in [6.07, 6.45) is 3.55. The van der Waals surface area contributed by atoms with E-state index in [9.17, 15) is 18.3 Å². The van der Waals surface area contributed by atoms with Crippen LogP contribution in [0.25, 0.3) is 0 Å². The number of hydrogen-bond acceptors (Lipinski definition) is 12. The first-order valence-electron chi connectivity index (χ1n) is 17.3. The summed E-state index contributed by atoms with van der Waals surface area (Å²) in [5, 5.41) is 0. The lowest BCUT2D eigenvalue weighted by Gasteiger charge is -2.32. The highest BCUT2D eigenvalue weighted by atomic mass is 31.2. The van der Waals surface area contributed by atoms with Crippen molar-refractivity contribution in [3.05, 3.63) is 0 Å². The number of rotatable bonds is 31. The molecule has 0 N–H and O–H groups in total. The van der Waals surface area contributed by atoms with Gasteiger partial charge in [-0.05, 0) is 100 Å². The van der Waals surface area contributed by atoms with Crippen LogP contribution in [0.1, 0.15) is 121 Å². The molecule has 0 saturated heterocycles. The molecule has 0 aliphatic rings. The van der Waals surface area contributed by atoms with Crippen LogP contribution in [-0.4, -0.2) is 75.5 Å². The normalized spacial score (nSPS) is 16.0. The summed E-state index contributed by atoms with van der Waals surface area (Å²) in [7, 11) is -14.1. The smallest absolute Gasteiger partial charge is 0.309 e. The molecular formula is C30H66O12P4. The van der Waals surface area contributed by atoms with Gasteiger partial charge >= 0.3 is 30.4 Å². The predicted molar refractivity (Wildman–Crippen MR) is 187 cm³/mol. The zero-order chi connectivity index (χ0) is 35.3. The minimum Gasteiger partial charge on any atom is -0.309 e. The van der Waals surface area contributed by atoms with E-state index in [1.165, 1.54) is 0 Å². The molecule has 0 bridgehead atoms. The van der Waals surface area contributed by atoms with E-state index in [0.717, 1.165) is 6.42 Å². The molecule has 0 radical (unpaired) electrons. The summed E-state index contributed by atoms with van der Waals surface area (Å²) < 4.78 is 101. The topological polar surface area (TPSA) is 142 Å². The third kappa shape index (κ3) is 15.2. The first-order valence-corrected chi connectivity index (χ1v) is 23.8. The highest BCUT2D eigenvalue weighted by Crippen LogP contribution is 2.62. The average molecular weight is 743 g/mol. The van der Waals surface area contributed by atoms with Gasteiger partial charge in [-0.25, -0.2) is 0 Å². The van der Waals surface area contributed by atoms with Crippen LogP contribution in [0.15, 0.2) is 0 Å². The van der Waals surface area contributed by atoms with E-state index in [-0.39, 0.29) is 52.9 Å². The van der Waals surface area contributed by atoms with Gasteiger partial charge in [0.15, 0.2) is 0 Å². The molecule has 0 amide bonds. The molecule has 46 heavy (non-hydrogen) atoms. The molecule has 0 aromatic carbocycles. The molecule has 0 saturated carbocycles. The fourth-order valence-corrected chi connectivity index (χ4v) is 13.9. The van der Waals surface area contributed by atoms with Gasteiger partial charge in [-0.2, -0.15) is 0 Å². The monoisotopic (exact) mass is 742 g/mol. The quantitative estimate of drug-likeness (QED) is 0.0624. The van der Waals surface area contributed by atoms with E-state index in [1.807, 2.05) is 6.92 Å². The van der Waals surface area contributed by atoms with Crippen LogP contribution in [0.4, 0.5) is 0 Å². The average Bonchev–Trinajstić information content (AvgIpc) is 2.98. The zero-order valence-corrected chi connectivity index (χ0v) is 33.9. The van der Waals surface area contributed by atoms with Gasteiger partial charge in [-0.15, -0.1) is 0 Å². The second-order valence-electron chi connectivity index (χ2n) is 10.8. The van der Waals surface area contributed by atoms with Crippen molar-refractivity contribution in [1.29, 1.82) is 0 Å². The van der Waals surface area contributed by atoms with Crippen molar-refractivity contribution in [2.24, 2.45) is 0 Å². The zero-order valence-electron chi connectivity index (χ0n) is 30.3. The van der Waals surface area contributed by atoms with Crippen molar-refractivity contribution in [3.8, 4) is 0 Å². The van der Waals surface area contributed by atoms with Crippen LogP contribution in [0.3, 0.4) is 0 Å². The summed E-state index contributed by atoms with van der Waals surface area (Å²) in [6, 6.07) is 0. The minimum absolute atomic E-state index is 0.183. The Bertz CT molecular complexity index is 942. The second kappa shape index (κ2) is 24.7. The fourth-order valence-electron chi connectivity index (χ4n) is 5.55. The third-order valence-electron chi connectivity index (χ3n) is 7.56. The molecule has 12 nitrogen and oxygen atoms in total. The molecule has 0 fully saturated rings. The summed E-state index contributed by atoms with van der Waals surface area (Å²) in [5.41, 5.74) is -2.02. The lowest BCUT2D eigenvalue weighted by atomic mass is 10.0. The van der Waals surface area contributed by atoms with Crippen molar-refractivity contribution in [2.45, 2.75) is 143 Å². The van der Waals surface area contributed by atoms with E-state index in [4.69, 9.17) is 36.2 Å². The van der Waals surface area contributed by atoms with Gasteiger partial charge in [0.25, 0.3) is 0 Å². The van der Waals surface area contributed by atoms with Crippen molar-refractivity contribution >= 4 is 30.4 Å². The van der Waals surface area contributed by atoms with Gasteiger partial charge in [0.1, 0.15) is 0 Å². The molecule has 0 aromatic rings. The highest BCUT2D eigenvalue weighted by molar-refractivity contribution is 7.55. The largest absolute Gasteiger partial charge is 0.333 e. The standard InChI is InChI=1S/C30H66O12P4/c1-11-20-28(44(32,37-14-4)38-15-5)23-24-30(46(34,41-18-8)42-19-9)26-25-29(45(33,39-16-6)40-17-7)22-21-27(10)43(31,35-12-2)36-13-3/h27-30H,11-26H2,1-10H3. The van der Waals surface area contributed by atoms with Crippen LogP contribution in [0.5, 0.6) is 0 Å². The third-order valence-corrected chi connectivity index (χ3v) is 18.1. The molecule has 4 unspecified atom stereocenters. The van der Waals surface area contributed by atoms with Gasteiger partial charge in [-0.3, -0.25) is 18.3 Å². The van der Waals surface area contributed by atoms with Gasteiger partial charge in [-0.1, -0.05) is 20.3 Å². The molecule has 0 aromatic heterocycles. The van der Waals surface area contributed by atoms with Gasteiger partial charge in [0.2, 0.25) is 0 Å².